The molecule has 0 aromatic heterocycles. The van der Waals surface area contributed by atoms with Gasteiger partial charge in [-0.1, -0.05) is 17.7 Å². The molecular weight excluding hydrogens is 198 g/mol. The topological polar surface area (TPSA) is 48.8 Å². The van der Waals surface area contributed by atoms with Gasteiger partial charge in [0, 0.05) is 18.2 Å². The minimum absolute atomic E-state index is 0.711. The Balaban J connectivity index is 2.20. The van der Waals surface area contributed by atoms with E-state index in [-0.39, 0.29) is 0 Å². The van der Waals surface area contributed by atoms with Crippen LogP contribution in [-0.2, 0) is 0 Å². The number of allylic oxidation sites excluding steroid dienone is 2. The van der Waals surface area contributed by atoms with Gasteiger partial charge in [0.1, 0.15) is 0 Å². The summed E-state index contributed by atoms with van der Waals surface area (Å²) in [5.41, 5.74) is 12.5. The van der Waals surface area contributed by atoms with Crippen molar-refractivity contribution < 1.29 is 4.79 Å². The number of aliphatic imine (C=N–C) groups is 1. The van der Waals surface area contributed by atoms with E-state index in [2.05, 4.69) is 16.7 Å². The Labute approximate surface area is 94.8 Å². The number of aryl methyl sites for hydroxylation is 1. The molecule has 0 N–H and O–H groups in total. The van der Waals surface area contributed by atoms with Gasteiger partial charge in [-0.2, -0.15) is 4.79 Å². The van der Waals surface area contributed by atoms with Gasteiger partial charge in [-0.3, -0.25) is 4.99 Å². The lowest BCUT2D eigenvalue weighted by atomic mass is 10.0. The van der Waals surface area contributed by atoms with Crippen LogP contribution in [0.25, 0.3) is 5.53 Å². The van der Waals surface area contributed by atoms with E-state index >= 15 is 0 Å². The Hall–Kier alpha value is -1.99. The van der Waals surface area contributed by atoms with Crippen LogP contribution in [0.2, 0.25) is 0 Å². The van der Waals surface area contributed by atoms with Crippen molar-refractivity contribution in [3.63, 3.8) is 0 Å². The fourth-order valence-electron chi connectivity index (χ4n) is 1.58. The molecule has 0 heterocycles. The highest BCUT2D eigenvalue weighted by atomic mass is 14.9. The molecule has 3 nitrogen and oxygen atoms in total. The third-order valence-corrected chi connectivity index (χ3v) is 2.54. The molecule has 0 saturated carbocycles. The maximum Gasteiger partial charge on any atom is 0.292 e. The molecule has 1 aromatic rings. The summed E-state index contributed by atoms with van der Waals surface area (Å²) in [5, 5.41) is 0. The molecular formula is C13H13N3. The maximum absolute atomic E-state index is 8.59. The molecule has 0 radical (unpaired) electrons. The number of rotatable bonds is 1. The SMILES string of the molecule is Cc1ccc(N=C2C=CC(=[N+]=[N-])CC2)cc1. The zero-order valence-electron chi connectivity index (χ0n) is 9.22. The second kappa shape index (κ2) is 4.69. The van der Waals surface area contributed by atoms with E-state index in [1.807, 2.05) is 30.3 Å². The van der Waals surface area contributed by atoms with Gasteiger partial charge in [0.2, 0.25) is 0 Å². The molecule has 0 saturated heterocycles. The average Bonchev–Trinajstić information content (AvgIpc) is 2.33. The highest BCUT2D eigenvalue weighted by molar-refractivity contribution is 6.07. The van der Waals surface area contributed by atoms with Crippen LogP contribution in [0.4, 0.5) is 5.69 Å². The lowest BCUT2D eigenvalue weighted by Gasteiger charge is -2.03. The summed E-state index contributed by atoms with van der Waals surface area (Å²) in [6, 6.07) is 8.11. The minimum Gasteiger partial charge on any atom is -0.361 e. The van der Waals surface area contributed by atoms with Crippen molar-refractivity contribution in [3.8, 4) is 0 Å². The Morgan fingerprint density at radius 1 is 1.12 bits per heavy atom. The first-order valence-electron chi connectivity index (χ1n) is 5.31. The van der Waals surface area contributed by atoms with E-state index in [0.29, 0.717) is 5.71 Å². The maximum atomic E-state index is 8.59. The largest absolute Gasteiger partial charge is 0.361 e. The van der Waals surface area contributed by atoms with Gasteiger partial charge in [-0.15, -0.1) is 0 Å². The predicted molar refractivity (Wildman–Crippen MR) is 65.3 cm³/mol. The van der Waals surface area contributed by atoms with Crippen molar-refractivity contribution in [1.82, 2.24) is 0 Å². The van der Waals surface area contributed by atoms with Crippen molar-refractivity contribution in [1.29, 1.82) is 0 Å². The lowest BCUT2D eigenvalue weighted by Crippen LogP contribution is -2.07. The van der Waals surface area contributed by atoms with Gasteiger partial charge in [0.25, 0.3) is 5.71 Å². The summed E-state index contributed by atoms with van der Waals surface area (Å²) in [4.78, 5) is 7.70. The first-order chi connectivity index (χ1) is 7.78. The van der Waals surface area contributed by atoms with Crippen molar-refractivity contribution in [2.75, 3.05) is 0 Å². The fraction of sp³-hybridized carbons (Fsp3) is 0.231. The third kappa shape index (κ3) is 2.53. The lowest BCUT2D eigenvalue weighted by molar-refractivity contribution is -0.00621. The van der Waals surface area contributed by atoms with Crippen LogP contribution >= 0.6 is 0 Å². The van der Waals surface area contributed by atoms with Crippen LogP contribution in [0.1, 0.15) is 18.4 Å². The smallest absolute Gasteiger partial charge is 0.292 e. The summed E-state index contributed by atoms with van der Waals surface area (Å²) >= 11 is 0. The average molecular weight is 211 g/mol. The van der Waals surface area contributed by atoms with E-state index in [1.165, 1.54) is 5.56 Å². The molecule has 0 atom stereocenters. The standard InChI is InChI=1S/C13H13N3/c1-10-2-4-11(5-3-10)15-12-6-8-13(16-14)9-7-12/h2-6,8H,7,9H2,1H3. The number of hydrogen-bond donors (Lipinski definition) is 0. The van der Waals surface area contributed by atoms with Gasteiger partial charge in [-0.25, -0.2) is 0 Å². The zero-order chi connectivity index (χ0) is 11.4. The fourth-order valence-corrected chi connectivity index (χ4v) is 1.58. The molecule has 0 amide bonds. The number of hydrogen-bond acceptors (Lipinski definition) is 1. The van der Waals surface area contributed by atoms with Gasteiger partial charge in [-0.05, 0) is 25.1 Å². The van der Waals surface area contributed by atoms with E-state index in [9.17, 15) is 0 Å². The van der Waals surface area contributed by atoms with Crippen LogP contribution in [-0.4, -0.2) is 16.2 Å². The van der Waals surface area contributed by atoms with E-state index in [1.54, 1.807) is 6.08 Å². The van der Waals surface area contributed by atoms with Crippen LogP contribution in [0, 0.1) is 6.92 Å². The van der Waals surface area contributed by atoms with Crippen LogP contribution in [0.15, 0.2) is 41.4 Å². The van der Waals surface area contributed by atoms with Gasteiger partial charge in [0.15, 0.2) is 0 Å². The molecule has 0 fully saturated rings. The Kier molecular flexibility index (Phi) is 3.08. The second-order valence-electron chi connectivity index (χ2n) is 3.86. The minimum atomic E-state index is 0.711. The van der Waals surface area contributed by atoms with Crippen LogP contribution in [0.5, 0.6) is 0 Å². The van der Waals surface area contributed by atoms with Crippen molar-refractivity contribution >= 4 is 17.1 Å². The molecule has 16 heavy (non-hydrogen) atoms. The summed E-state index contributed by atoms with van der Waals surface area (Å²) in [7, 11) is 0. The summed E-state index contributed by atoms with van der Waals surface area (Å²) < 4.78 is 0. The first-order valence-corrected chi connectivity index (χ1v) is 5.31. The first kappa shape index (κ1) is 10.5. The monoisotopic (exact) mass is 211 g/mol. The summed E-state index contributed by atoms with van der Waals surface area (Å²) in [6.07, 6.45) is 5.27. The van der Waals surface area contributed by atoms with Gasteiger partial charge < -0.3 is 5.53 Å². The summed E-state index contributed by atoms with van der Waals surface area (Å²) in [5.74, 6) is 0. The molecule has 0 bridgehead atoms. The highest BCUT2D eigenvalue weighted by Gasteiger charge is 2.11. The van der Waals surface area contributed by atoms with Crippen LogP contribution in [0.3, 0.4) is 0 Å². The molecule has 0 spiro atoms. The van der Waals surface area contributed by atoms with Crippen molar-refractivity contribution in [2.45, 2.75) is 19.8 Å². The molecule has 1 aromatic carbocycles. The van der Waals surface area contributed by atoms with E-state index in [0.717, 1.165) is 24.2 Å². The normalized spacial score (nSPS) is 17.6. The summed E-state index contributed by atoms with van der Waals surface area (Å²) in [6.45, 7) is 2.06. The van der Waals surface area contributed by atoms with Gasteiger partial charge in [0.05, 0.1) is 12.1 Å². The van der Waals surface area contributed by atoms with Crippen LogP contribution < -0.4 is 0 Å². The van der Waals surface area contributed by atoms with Crippen molar-refractivity contribution in [2.24, 2.45) is 4.99 Å². The van der Waals surface area contributed by atoms with E-state index < -0.39 is 0 Å². The molecule has 0 aliphatic heterocycles. The number of nitrogens with zero attached hydrogens (tertiary/aromatic N) is 3. The third-order valence-electron chi connectivity index (χ3n) is 2.54. The predicted octanol–water partition coefficient (Wildman–Crippen LogP) is 3.09. The Morgan fingerprint density at radius 3 is 2.44 bits per heavy atom. The quantitative estimate of drug-likeness (QED) is 0.506. The Bertz CT molecular complexity index is 488. The van der Waals surface area contributed by atoms with E-state index in [4.69, 9.17) is 5.53 Å². The second-order valence-corrected chi connectivity index (χ2v) is 3.86. The number of benzene rings is 1. The van der Waals surface area contributed by atoms with Crippen molar-refractivity contribution in [3.05, 3.63) is 47.5 Å². The van der Waals surface area contributed by atoms with Gasteiger partial charge >= 0.3 is 0 Å². The molecule has 1 aliphatic rings. The highest BCUT2D eigenvalue weighted by Crippen LogP contribution is 2.15. The molecule has 80 valence electrons. The Morgan fingerprint density at radius 2 is 1.88 bits per heavy atom. The molecule has 1 aliphatic carbocycles. The molecule has 0 unspecified atom stereocenters. The molecule has 2 rings (SSSR count). The zero-order valence-corrected chi connectivity index (χ0v) is 9.22. The molecule has 3 heteroatoms.